The van der Waals surface area contributed by atoms with Crippen LogP contribution < -0.4 is 4.90 Å². The molecule has 0 saturated heterocycles. The Bertz CT molecular complexity index is 3390. The molecular weight excluding hydrogens is 667 g/mol. The van der Waals surface area contributed by atoms with Gasteiger partial charge in [-0.1, -0.05) is 127 Å². The molecule has 0 saturated carbocycles. The lowest BCUT2D eigenvalue weighted by Crippen LogP contribution is -2.10. The third-order valence-electron chi connectivity index (χ3n) is 11.6. The van der Waals surface area contributed by atoms with Crippen LogP contribution in [0.15, 0.2) is 200 Å². The number of anilines is 3. The first-order valence-corrected chi connectivity index (χ1v) is 18.9. The van der Waals surface area contributed by atoms with Gasteiger partial charge in [-0.15, -0.1) is 0 Å². The molecule has 0 aliphatic heterocycles. The molecular formula is C52H33N3. The van der Waals surface area contributed by atoms with Crippen molar-refractivity contribution in [2.24, 2.45) is 0 Å². The molecule has 55 heavy (non-hydrogen) atoms. The van der Waals surface area contributed by atoms with Crippen LogP contribution in [-0.4, -0.2) is 8.97 Å². The number of fused-ring (bicyclic) bond motifs is 8. The Hall–Kier alpha value is -7.36. The van der Waals surface area contributed by atoms with Gasteiger partial charge < -0.3 is 13.9 Å². The van der Waals surface area contributed by atoms with Gasteiger partial charge in [0, 0.05) is 55.1 Å². The minimum atomic E-state index is 1.11. The van der Waals surface area contributed by atoms with Crippen molar-refractivity contribution in [3.05, 3.63) is 200 Å². The summed E-state index contributed by atoms with van der Waals surface area (Å²) in [5.41, 5.74) is 13.0. The van der Waals surface area contributed by atoms with Gasteiger partial charge in [0.1, 0.15) is 0 Å². The zero-order valence-electron chi connectivity index (χ0n) is 29.9. The number of para-hydroxylation sites is 3. The predicted molar refractivity (Wildman–Crippen MR) is 233 cm³/mol. The van der Waals surface area contributed by atoms with E-state index in [0.717, 1.165) is 22.7 Å². The molecule has 0 atom stereocenters. The largest absolute Gasteiger partial charge is 0.310 e. The van der Waals surface area contributed by atoms with Crippen molar-refractivity contribution < 1.29 is 0 Å². The van der Waals surface area contributed by atoms with E-state index in [1.54, 1.807) is 0 Å². The van der Waals surface area contributed by atoms with Crippen LogP contribution in [0.2, 0.25) is 0 Å². The van der Waals surface area contributed by atoms with Crippen molar-refractivity contribution in [1.29, 1.82) is 0 Å². The van der Waals surface area contributed by atoms with E-state index in [-0.39, 0.29) is 0 Å². The fraction of sp³-hybridized carbons (Fsp3) is 0. The van der Waals surface area contributed by atoms with Crippen molar-refractivity contribution >= 4 is 87.7 Å². The quantitative estimate of drug-likeness (QED) is 0.129. The maximum atomic E-state index is 2.54. The third kappa shape index (κ3) is 4.38. The number of hydrogen-bond acceptors (Lipinski definition) is 1. The number of pyridine rings is 1. The number of nitrogens with zero attached hydrogens (tertiary/aromatic N) is 3. The molecule has 9 aromatic carbocycles. The summed E-state index contributed by atoms with van der Waals surface area (Å²) < 4.78 is 4.96. The standard InChI is InChI=1S/C52H33N3/c1-4-14-34(15-5-1)35-26-28-39(29-27-35)53(37-18-6-2-7-19-37)40-30-45-42-23-12-16-36-17-13-25-48(51(36)42)55-50-32-43-41-22-10-11-24-47(41)54(38-20-8-3-9-21-38)49(43)33-44(50)46(31-40)52(45)55/h1-33H. The summed E-state index contributed by atoms with van der Waals surface area (Å²) in [7, 11) is 0. The lowest BCUT2D eigenvalue weighted by atomic mass is 9.98. The lowest BCUT2D eigenvalue weighted by Gasteiger charge is -2.26. The summed E-state index contributed by atoms with van der Waals surface area (Å²) in [6.07, 6.45) is 0. The Labute approximate surface area is 317 Å². The Balaban J connectivity index is 1.22. The highest BCUT2D eigenvalue weighted by Gasteiger charge is 2.23. The topological polar surface area (TPSA) is 12.6 Å². The van der Waals surface area contributed by atoms with Gasteiger partial charge in [0.2, 0.25) is 0 Å². The molecule has 0 spiro atoms. The highest BCUT2D eigenvalue weighted by Crippen LogP contribution is 2.47. The first-order chi connectivity index (χ1) is 27.3. The van der Waals surface area contributed by atoms with Crippen LogP contribution >= 0.6 is 0 Å². The second-order valence-electron chi connectivity index (χ2n) is 14.6. The van der Waals surface area contributed by atoms with Gasteiger partial charge in [0.25, 0.3) is 0 Å². The summed E-state index contributed by atoms with van der Waals surface area (Å²) in [5.74, 6) is 0. The van der Waals surface area contributed by atoms with Crippen LogP contribution in [0, 0.1) is 0 Å². The van der Waals surface area contributed by atoms with Crippen LogP contribution in [0.1, 0.15) is 0 Å². The fourth-order valence-electron chi connectivity index (χ4n) is 9.22. The molecule has 0 aliphatic carbocycles. The molecule has 12 rings (SSSR count). The molecule has 256 valence electrons. The number of aromatic nitrogens is 2. The summed E-state index contributed by atoms with van der Waals surface area (Å²) in [5, 5.41) is 10.0. The normalized spacial score (nSPS) is 12.0. The summed E-state index contributed by atoms with van der Waals surface area (Å²) in [6, 6.07) is 73.2. The number of benzene rings is 9. The van der Waals surface area contributed by atoms with Crippen molar-refractivity contribution in [3.63, 3.8) is 0 Å². The van der Waals surface area contributed by atoms with Crippen LogP contribution in [0.5, 0.6) is 0 Å². The highest BCUT2D eigenvalue weighted by molar-refractivity contribution is 6.29. The summed E-state index contributed by atoms with van der Waals surface area (Å²) in [4.78, 5) is 2.41. The predicted octanol–water partition coefficient (Wildman–Crippen LogP) is 14.2. The van der Waals surface area contributed by atoms with Crippen LogP contribution in [0.3, 0.4) is 0 Å². The third-order valence-corrected chi connectivity index (χ3v) is 11.6. The van der Waals surface area contributed by atoms with E-state index < -0.39 is 0 Å². The first kappa shape index (κ1) is 30.1. The van der Waals surface area contributed by atoms with Crippen molar-refractivity contribution in [3.8, 4) is 16.8 Å². The van der Waals surface area contributed by atoms with Crippen LogP contribution in [-0.2, 0) is 0 Å². The molecule has 3 heteroatoms. The molecule has 0 fully saturated rings. The minimum Gasteiger partial charge on any atom is -0.310 e. The molecule has 3 heterocycles. The molecule has 0 aliphatic rings. The Morgan fingerprint density at radius 1 is 0.327 bits per heavy atom. The van der Waals surface area contributed by atoms with E-state index in [0.29, 0.717) is 0 Å². The Morgan fingerprint density at radius 3 is 1.67 bits per heavy atom. The van der Waals surface area contributed by atoms with E-state index >= 15 is 0 Å². The summed E-state index contributed by atoms with van der Waals surface area (Å²) in [6.45, 7) is 0. The van der Waals surface area contributed by atoms with Crippen LogP contribution in [0.25, 0.3) is 87.5 Å². The molecule has 0 radical (unpaired) electrons. The highest BCUT2D eigenvalue weighted by atomic mass is 15.1. The van der Waals surface area contributed by atoms with Gasteiger partial charge in [0.05, 0.1) is 27.6 Å². The average Bonchev–Trinajstić information content (AvgIpc) is 3.75. The zero-order chi connectivity index (χ0) is 36.0. The van der Waals surface area contributed by atoms with Gasteiger partial charge in [0.15, 0.2) is 0 Å². The molecule has 0 amide bonds. The number of rotatable bonds is 5. The smallest absolute Gasteiger partial charge is 0.0621 e. The molecule has 0 bridgehead atoms. The molecule has 12 aromatic rings. The zero-order valence-corrected chi connectivity index (χ0v) is 29.9. The molecule has 3 aromatic heterocycles. The second kappa shape index (κ2) is 11.6. The Morgan fingerprint density at radius 2 is 0.891 bits per heavy atom. The lowest BCUT2D eigenvalue weighted by molar-refractivity contribution is 1.18. The van der Waals surface area contributed by atoms with Gasteiger partial charge in [-0.25, -0.2) is 0 Å². The van der Waals surface area contributed by atoms with E-state index in [1.807, 2.05) is 0 Å². The average molecular weight is 700 g/mol. The first-order valence-electron chi connectivity index (χ1n) is 18.9. The van der Waals surface area contributed by atoms with Gasteiger partial charge in [-0.05, 0) is 94.7 Å². The van der Waals surface area contributed by atoms with E-state index in [9.17, 15) is 0 Å². The summed E-state index contributed by atoms with van der Waals surface area (Å²) >= 11 is 0. The van der Waals surface area contributed by atoms with E-state index in [2.05, 4.69) is 214 Å². The van der Waals surface area contributed by atoms with Gasteiger partial charge in [-0.2, -0.15) is 0 Å². The van der Waals surface area contributed by atoms with Crippen molar-refractivity contribution in [1.82, 2.24) is 8.97 Å². The molecule has 3 nitrogen and oxygen atoms in total. The van der Waals surface area contributed by atoms with Crippen molar-refractivity contribution in [2.75, 3.05) is 4.90 Å². The van der Waals surface area contributed by atoms with Gasteiger partial charge >= 0.3 is 0 Å². The Kier molecular flexibility index (Phi) is 6.34. The molecule has 0 N–H and O–H groups in total. The maximum absolute atomic E-state index is 2.54. The number of hydrogen-bond donors (Lipinski definition) is 0. The van der Waals surface area contributed by atoms with E-state index in [1.165, 1.54) is 81.8 Å². The van der Waals surface area contributed by atoms with Crippen molar-refractivity contribution in [2.45, 2.75) is 0 Å². The minimum absolute atomic E-state index is 1.11. The SMILES string of the molecule is c1ccc(-c2ccc(N(c3ccccc3)c3cc4c5cccc6cccc(c65)n5c6cc7c8ccccc8n(-c8ccccc8)c7cc6c(c3)c45)cc2)cc1. The monoisotopic (exact) mass is 699 g/mol. The van der Waals surface area contributed by atoms with E-state index in [4.69, 9.17) is 0 Å². The molecule has 0 unspecified atom stereocenters. The maximum Gasteiger partial charge on any atom is 0.0621 e. The fourth-order valence-corrected chi connectivity index (χ4v) is 9.22. The second-order valence-corrected chi connectivity index (χ2v) is 14.6. The van der Waals surface area contributed by atoms with Crippen LogP contribution in [0.4, 0.5) is 17.1 Å². The van der Waals surface area contributed by atoms with Gasteiger partial charge in [-0.3, -0.25) is 0 Å².